The molecule has 1 amide bonds. The van der Waals surface area contributed by atoms with Crippen molar-refractivity contribution in [2.24, 2.45) is 0 Å². The highest BCUT2D eigenvalue weighted by atomic mass is 32.1. The number of thiazole rings is 1. The topological polar surface area (TPSA) is 55.6 Å². The van der Waals surface area contributed by atoms with Crippen molar-refractivity contribution >= 4 is 28.0 Å². The summed E-state index contributed by atoms with van der Waals surface area (Å²) in [7, 11) is 0. The van der Waals surface area contributed by atoms with Gasteiger partial charge in [0.25, 0.3) is 5.91 Å². The molecule has 146 valence electrons. The van der Waals surface area contributed by atoms with Crippen molar-refractivity contribution in [2.45, 2.75) is 32.0 Å². The van der Waals surface area contributed by atoms with E-state index in [2.05, 4.69) is 23.2 Å². The summed E-state index contributed by atoms with van der Waals surface area (Å²) in [4.78, 5) is 19.3. The summed E-state index contributed by atoms with van der Waals surface area (Å²) in [5.74, 6) is 1.16. The van der Waals surface area contributed by atoms with Crippen molar-refractivity contribution in [3.05, 3.63) is 82.7 Å². The van der Waals surface area contributed by atoms with Crippen molar-refractivity contribution in [3.63, 3.8) is 0 Å². The smallest absolute Gasteiger partial charge is 0.290 e. The van der Waals surface area contributed by atoms with Gasteiger partial charge in [0.1, 0.15) is 17.4 Å². The van der Waals surface area contributed by atoms with E-state index >= 15 is 0 Å². The predicted octanol–water partition coefficient (Wildman–Crippen LogP) is 5.27. The van der Waals surface area contributed by atoms with E-state index in [1.165, 1.54) is 6.26 Å². The molecule has 0 bridgehead atoms. The van der Waals surface area contributed by atoms with Gasteiger partial charge in [-0.1, -0.05) is 36.4 Å². The Balaban J connectivity index is 1.27. The Hall–Kier alpha value is -3.12. The molecule has 1 aliphatic carbocycles. The number of nitrogens with zero attached hydrogens (tertiary/aromatic N) is 2. The number of ether oxygens (including phenoxy) is 1. The molecule has 0 saturated heterocycles. The van der Waals surface area contributed by atoms with Gasteiger partial charge >= 0.3 is 0 Å². The van der Waals surface area contributed by atoms with Crippen LogP contribution in [0.25, 0.3) is 10.8 Å². The van der Waals surface area contributed by atoms with E-state index in [1.807, 2.05) is 34.5 Å². The average Bonchev–Trinajstić information content (AvgIpc) is 3.25. The molecule has 6 heteroatoms. The van der Waals surface area contributed by atoms with Gasteiger partial charge in [-0.2, -0.15) is 0 Å². The fourth-order valence-corrected chi connectivity index (χ4v) is 4.11. The Labute approximate surface area is 172 Å². The number of amides is 1. The van der Waals surface area contributed by atoms with Gasteiger partial charge in [-0.05, 0) is 36.4 Å². The van der Waals surface area contributed by atoms with E-state index in [0.717, 1.165) is 40.1 Å². The van der Waals surface area contributed by atoms with Crippen LogP contribution in [-0.2, 0) is 13.2 Å². The highest BCUT2D eigenvalue weighted by Gasteiger charge is 2.34. The van der Waals surface area contributed by atoms with Crippen LogP contribution in [0.1, 0.15) is 34.1 Å². The van der Waals surface area contributed by atoms with Crippen LogP contribution in [0.2, 0.25) is 0 Å². The lowest BCUT2D eigenvalue weighted by molar-refractivity contribution is 0.0695. The summed E-state index contributed by atoms with van der Waals surface area (Å²) in [6, 6.07) is 18.0. The molecule has 0 aliphatic heterocycles. The first-order valence-corrected chi connectivity index (χ1v) is 10.5. The van der Waals surface area contributed by atoms with E-state index in [-0.39, 0.29) is 11.9 Å². The van der Waals surface area contributed by atoms with Crippen LogP contribution in [0.4, 0.5) is 0 Å². The minimum atomic E-state index is -0.0703. The lowest BCUT2D eigenvalue weighted by Crippen LogP contribution is -2.32. The van der Waals surface area contributed by atoms with Crippen molar-refractivity contribution in [3.8, 4) is 5.75 Å². The molecule has 0 atom stereocenters. The second-order valence-electron chi connectivity index (χ2n) is 7.14. The number of furan rings is 1. The maximum absolute atomic E-state index is 12.7. The molecule has 5 nitrogen and oxygen atoms in total. The molecule has 2 aromatic carbocycles. The Morgan fingerprint density at radius 3 is 2.83 bits per heavy atom. The van der Waals surface area contributed by atoms with Crippen molar-refractivity contribution < 1.29 is 13.9 Å². The second-order valence-corrected chi connectivity index (χ2v) is 8.08. The van der Waals surface area contributed by atoms with Crippen LogP contribution in [0, 0.1) is 0 Å². The molecule has 1 fully saturated rings. The van der Waals surface area contributed by atoms with Crippen LogP contribution >= 0.6 is 11.3 Å². The molecule has 2 heterocycles. The maximum atomic E-state index is 12.7. The third-order valence-electron chi connectivity index (χ3n) is 5.01. The van der Waals surface area contributed by atoms with Gasteiger partial charge in [0, 0.05) is 16.8 Å². The SMILES string of the molecule is O=C(c1ccco1)N(Cc1csc(COc2cccc3ccccc23)n1)C1CC1. The van der Waals surface area contributed by atoms with Gasteiger partial charge in [-0.25, -0.2) is 4.98 Å². The van der Waals surface area contributed by atoms with Gasteiger partial charge in [0.2, 0.25) is 0 Å². The standard InChI is InChI=1S/C23H20N2O3S/c26-23(21-9-4-12-27-21)25(18-10-11-18)13-17-15-29-22(24-17)14-28-20-8-3-6-16-5-1-2-7-19(16)20/h1-9,12,15,18H,10-11,13-14H2. The molecule has 0 radical (unpaired) electrons. The number of fused-ring (bicyclic) bond motifs is 1. The Morgan fingerprint density at radius 2 is 2.00 bits per heavy atom. The third-order valence-corrected chi connectivity index (χ3v) is 5.88. The number of hydrogen-bond donors (Lipinski definition) is 0. The molecule has 0 N–H and O–H groups in total. The average molecular weight is 404 g/mol. The lowest BCUT2D eigenvalue weighted by atomic mass is 10.1. The highest BCUT2D eigenvalue weighted by molar-refractivity contribution is 7.09. The quantitative estimate of drug-likeness (QED) is 0.421. The summed E-state index contributed by atoms with van der Waals surface area (Å²) in [6.07, 6.45) is 3.60. The zero-order valence-corrected chi connectivity index (χ0v) is 16.6. The number of carbonyl (C=O) groups is 1. The molecule has 0 unspecified atom stereocenters. The van der Waals surface area contributed by atoms with E-state index < -0.39 is 0 Å². The van der Waals surface area contributed by atoms with Crippen LogP contribution in [0.5, 0.6) is 5.75 Å². The molecule has 0 spiro atoms. The van der Waals surface area contributed by atoms with Crippen molar-refractivity contribution in [2.75, 3.05) is 0 Å². The fraction of sp³-hybridized carbons (Fsp3) is 0.217. The number of benzene rings is 2. The first-order valence-electron chi connectivity index (χ1n) is 9.66. The Kier molecular flexibility index (Phi) is 4.77. The van der Waals surface area contributed by atoms with Crippen LogP contribution < -0.4 is 4.74 Å². The predicted molar refractivity (Wildman–Crippen MR) is 112 cm³/mol. The summed E-state index contributed by atoms with van der Waals surface area (Å²) in [6.45, 7) is 0.906. The maximum Gasteiger partial charge on any atom is 0.290 e. The largest absolute Gasteiger partial charge is 0.486 e. The second kappa shape index (κ2) is 7.72. The number of carbonyl (C=O) groups excluding carboxylic acids is 1. The zero-order chi connectivity index (χ0) is 19.6. The van der Waals surface area contributed by atoms with Gasteiger partial charge in [-0.15, -0.1) is 11.3 Å². The first-order chi connectivity index (χ1) is 14.3. The van der Waals surface area contributed by atoms with Gasteiger partial charge in [0.15, 0.2) is 5.76 Å². The van der Waals surface area contributed by atoms with Gasteiger partial charge in [0.05, 0.1) is 18.5 Å². The molecule has 5 rings (SSSR count). The summed E-state index contributed by atoms with van der Waals surface area (Å²) in [5.41, 5.74) is 0.887. The van der Waals surface area contributed by atoms with Crippen LogP contribution in [-0.4, -0.2) is 21.8 Å². The molecular formula is C23H20N2O3S. The Morgan fingerprint density at radius 1 is 1.14 bits per heavy atom. The monoisotopic (exact) mass is 404 g/mol. The number of hydrogen-bond acceptors (Lipinski definition) is 5. The van der Waals surface area contributed by atoms with E-state index in [4.69, 9.17) is 9.15 Å². The van der Waals surface area contributed by atoms with Gasteiger partial charge in [-0.3, -0.25) is 4.79 Å². The highest BCUT2D eigenvalue weighted by Crippen LogP contribution is 2.30. The summed E-state index contributed by atoms with van der Waals surface area (Å²) < 4.78 is 11.3. The first kappa shape index (κ1) is 17.9. The molecule has 29 heavy (non-hydrogen) atoms. The fourth-order valence-electron chi connectivity index (χ4n) is 3.42. The molecule has 1 aliphatic rings. The molecule has 1 saturated carbocycles. The Bertz CT molecular complexity index is 1130. The molecule has 4 aromatic rings. The van der Waals surface area contributed by atoms with E-state index in [0.29, 0.717) is 18.9 Å². The van der Waals surface area contributed by atoms with E-state index in [9.17, 15) is 4.79 Å². The van der Waals surface area contributed by atoms with Gasteiger partial charge < -0.3 is 14.1 Å². The van der Waals surface area contributed by atoms with Crippen molar-refractivity contribution in [1.82, 2.24) is 9.88 Å². The van der Waals surface area contributed by atoms with E-state index in [1.54, 1.807) is 23.5 Å². The summed E-state index contributed by atoms with van der Waals surface area (Å²) in [5, 5.41) is 5.15. The molecular weight excluding hydrogens is 384 g/mol. The normalized spacial score (nSPS) is 13.5. The zero-order valence-electron chi connectivity index (χ0n) is 15.8. The summed E-state index contributed by atoms with van der Waals surface area (Å²) >= 11 is 1.56. The van der Waals surface area contributed by atoms with Crippen LogP contribution in [0.15, 0.2) is 70.7 Å². The number of rotatable bonds is 7. The minimum absolute atomic E-state index is 0.0703. The lowest BCUT2D eigenvalue weighted by Gasteiger charge is -2.20. The van der Waals surface area contributed by atoms with Crippen LogP contribution in [0.3, 0.4) is 0 Å². The number of aromatic nitrogens is 1. The minimum Gasteiger partial charge on any atom is -0.486 e. The molecule has 2 aromatic heterocycles. The van der Waals surface area contributed by atoms with Crippen molar-refractivity contribution in [1.29, 1.82) is 0 Å². The third kappa shape index (κ3) is 3.89.